The Morgan fingerprint density at radius 2 is 2.14 bits per heavy atom. The van der Waals surface area contributed by atoms with Crippen molar-refractivity contribution in [2.24, 2.45) is 0 Å². The maximum Gasteiger partial charge on any atom is 0.156 e. The highest BCUT2D eigenvalue weighted by atomic mass is 19.1. The molecule has 4 heteroatoms. The summed E-state index contributed by atoms with van der Waals surface area (Å²) in [5.41, 5.74) is -0.753. The molecular formula is C10H6F2O2. The molecule has 0 amide bonds. The van der Waals surface area contributed by atoms with Gasteiger partial charge in [0.2, 0.25) is 0 Å². The standard InChI is InChI=1S/C10H6F2O2/c11-9-4-3-7(2-1-5-13)10(12)8(9)6-14/h3-4,6,13H,5H2. The van der Waals surface area contributed by atoms with Gasteiger partial charge in [-0.15, -0.1) is 0 Å². The zero-order chi connectivity index (χ0) is 10.6. The first-order valence-electron chi connectivity index (χ1n) is 3.73. The third kappa shape index (κ3) is 1.95. The monoisotopic (exact) mass is 196 g/mol. The Morgan fingerprint density at radius 1 is 1.43 bits per heavy atom. The summed E-state index contributed by atoms with van der Waals surface area (Å²) < 4.78 is 26.0. The number of halogens is 2. The molecule has 72 valence electrons. The zero-order valence-corrected chi connectivity index (χ0v) is 7.05. The molecule has 1 aromatic rings. The topological polar surface area (TPSA) is 37.3 Å². The molecule has 0 aromatic heterocycles. The summed E-state index contributed by atoms with van der Waals surface area (Å²) in [7, 11) is 0. The van der Waals surface area contributed by atoms with Crippen molar-refractivity contribution < 1.29 is 18.7 Å². The summed E-state index contributed by atoms with van der Waals surface area (Å²) in [4.78, 5) is 10.3. The molecule has 0 fully saturated rings. The van der Waals surface area contributed by atoms with E-state index < -0.39 is 23.8 Å². The predicted octanol–water partition coefficient (Wildman–Crippen LogP) is 1.12. The van der Waals surface area contributed by atoms with Crippen molar-refractivity contribution in [1.82, 2.24) is 0 Å². The molecule has 0 unspecified atom stereocenters. The van der Waals surface area contributed by atoms with Crippen LogP contribution in [0, 0.1) is 23.5 Å². The van der Waals surface area contributed by atoms with Crippen molar-refractivity contribution in [3.63, 3.8) is 0 Å². The first-order valence-corrected chi connectivity index (χ1v) is 3.73. The minimum absolute atomic E-state index is 0.0921. The Kier molecular flexibility index (Phi) is 3.32. The summed E-state index contributed by atoms with van der Waals surface area (Å²) in [5.74, 6) is 2.54. The van der Waals surface area contributed by atoms with Crippen LogP contribution in [0.25, 0.3) is 0 Å². The molecular weight excluding hydrogens is 190 g/mol. The average Bonchev–Trinajstić information content (AvgIpc) is 2.18. The van der Waals surface area contributed by atoms with Crippen LogP contribution < -0.4 is 0 Å². The van der Waals surface area contributed by atoms with Crippen LogP contribution >= 0.6 is 0 Å². The Labute approximate surface area is 79.2 Å². The van der Waals surface area contributed by atoms with Crippen LogP contribution in [-0.4, -0.2) is 18.0 Å². The van der Waals surface area contributed by atoms with Gasteiger partial charge in [-0.25, -0.2) is 8.78 Å². The Balaban J connectivity index is 3.28. The Morgan fingerprint density at radius 3 is 2.71 bits per heavy atom. The second-order valence-corrected chi connectivity index (χ2v) is 2.40. The van der Waals surface area contributed by atoms with Crippen molar-refractivity contribution in [3.05, 3.63) is 34.9 Å². The van der Waals surface area contributed by atoms with Crippen molar-refractivity contribution in [1.29, 1.82) is 0 Å². The number of aldehydes is 1. The third-order valence-corrected chi connectivity index (χ3v) is 1.55. The van der Waals surface area contributed by atoms with Gasteiger partial charge in [0.25, 0.3) is 0 Å². The second-order valence-electron chi connectivity index (χ2n) is 2.40. The largest absolute Gasteiger partial charge is 0.384 e. The van der Waals surface area contributed by atoms with E-state index in [2.05, 4.69) is 11.8 Å². The maximum atomic E-state index is 13.2. The van der Waals surface area contributed by atoms with E-state index in [0.29, 0.717) is 0 Å². The highest BCUT2D eigenvalue weighted by Gasteiger charge is 2.10. The molecule has 0 saturated heterocycles. The summed E-state index contributed by atoms with van der Waals surface area (Å²) in [5, 5.41) is 8.36. The minimum atomic E-state index is -0.999. The van der Waals surface area contributed by atoms with Gasteiger partial charge in [-0.3, -0.25) is 4.79 Å². The molecule has 0 aliphatic heterocycles. The Bertz CT molecular complexity index is 416. The zero-order valence-electron chi connectivity index (χ0n) is 7.05. The first kappa shape index (κ1) is 10.4. The molecule has 0 spiro atoms. The van der Waals surface area contributed by atoms with Crippen LogP contribution in [0.3, 0.4) is 0 Å². The van der Waals surface area contributed by atoms with E-state index in [1.54, 1.807) is 0 Å². The molecule has 14 heavy (non-hydrogen) atoms. The van der Waals surface area contributed by atoms with Crippen molar-refractivity contribution in [2.75, 3.05) is 6.61 Å². The van der Waals surface area contributed by atoms with Crippen LogP contribution in [0.1, 0.15) is 15.9 Å². The molecule has 0 bridgehead atoms. The van der Waals surface area contributed by atoms with E-state index in [0.717, 1.165) is 12.1 Å². The van der Waals surface area contributed by atoms with Gasteiger partial charge in [0.15, 0.2) is 12.1 Å². The number of aliphatic hydroxyl groups is 1. The van der Waals surface area contributed by atoms with Gasteiger partial charge in [-0.05, 0) is 12.1 Å². The average molecular weight is 196 g/mol. The van der Waals surface area contributed by atoms with Gasteiger partial charge in [0, 0.05) is 0 Å². The lowest BCUT2D eigenvalue weighted by Gasteiger charge is -1.98. The molecule has 0 saturated carbocycles. The summed E-state index contributed by atoms with van der Waals surface area (Å²) in [6.07, 6.45) is 0.0921. The molecule has 1 N–H and O–H groups in total. The number of aliphatic hydroxyl groups excluding tert-OH is 1. The van der Waals surface area contributed by atoms with E-state index in [1.165, 1.54) is 0 Å². The lowest BCUT2D eigenvalue weighted by Crippen LogP contribution is -1.96. The van der Waals surface area contributed by atoms with Crippen LogP contribution in [0.2, 0.25) is 0 Å². The van der Waals surface area contributed by atoms with Gasteiger partial charge >= 0.3 is 0 Å². The highest BCUT2D eigenvalue weighted by molar-refractivity contribution is 5.76. The quantitative estimate of drug-likeness (QED) is 0.539. The van der Waals surface area contributed by atoms with Gasteiger partial charge < -0.3 is 5.11 Å². The smallest absolute Gasteiger partial charge is 0.156 e. The van der Waals surface area contributed by atoms with Crippen LogP contribution in [0.5, 0.6) is 0 Å². The summed E-state index contributed by atoms with van der Waals surface area (Å²) >= 11 is 0. The first-order chi connectivity index (χ1) is 6.70. The van der Waals surface area contributed by atoms with Gasteiger partial charge in [-0.2, -0.15) is 0 Å². The number of carbonyl (C=O) groups excluding carboxylic acids is 1. The molecule has 0 heterocycles. The molecule has 0 aliphatic rings. The molecule has 2 nitrogen and oxygen atoms in total. The summed E-state index contributed by atoms with van der Waals surface area (Å²) in [6.45, 7) is -0.423. The molecule has 1 aromatic carbocycles. The van der Waals surface area contributed by atoms with E-state index in [-0.39, 0.29) is 11.8 Å². The number of benzene rings is 1. The van der Waals surface area contributed by atoms with Crippen LogP contribution in [-0.2, 0) is 0 Å². The normalized spacial score (nSPS) is 9.07. The summed E-state index contributed by atoms with van der Waals surface area (Å²) in [6, 6.07) is 2.06. The number of rotatable bonds is 1. The second kappa shape index (κ2) is 4.49. The number of carbonyl (C=O) groups is 1. The number of hydrogen-bond donors (Lipinski definition) is 1. The van der Waals surface area contributed by atoms with E-state index >= 15 is 0 Å². The number of hydrogen-bond acceptors (Lipinski definition) is 2. The lowest BCUT2D eigenvalue weighted by atomic mass is 10.1. The van der Waals surface area contributed by atoms with Gasteiger partial charge in [0.1, 0.15) is 12.4 Å². The molecule has 0 aliphatic carbocycles. The van der Waals surface area contributed by atoms with E-state index in [4.69, 9.17) is 5.11 Å². The van der Waals surface area contributed by atoms with E-state index in [1.807, 2.05) is 0 Å². The van der Waals surface area contributed by atoms with Gasteiger partial charge in [0.05, 0.1) is 11.1 Å². The fourth-order valence-corrected chi connectivity index (χ4v) is 0.909. The van der Waals surface area contributed by atoms with Crippen LogP contribution in [0.4, 0.5) is 8.78 Å². The Hall–Kier alpha value is -1.73. The molecule has 1 rings (SSSR count). The fourth-order valence-electron chi connectivity index (χ4n) is 0.909. The highest BCUT2D eigenvalue weighted by Crippen LogP contribution is 2.13. The lowest BCUT2D eigenvalue weighted by molar-refractivity contribution is 0.111. The van der Waals surface area contributed by atoms with Crippen LogP contribution in [0.15, 0.2) is 12.1 Å². The van der Waals surface area contributed by atoms with Crippen molar-refractivity contribution in [2.45, 2.75) is 0 Å². The minimum Gasteiger partial charge on any atom is -0.384 e. The van der Waals surface area contributed by atoms with E-state index in [9.17, 15) is 13.6 Å². The molecule has 0 radical (unpaired) electrons. The fraction of sp³-hybridized carbons (Fsp3) is 0.100. The molecule has 0 atom stereocenters. The predicted molar refractivity (Wildman–Crippen MR) is 45.7 cm³/mol. The SMILES string of the molecule is O=Cc1c(F)ccc(C#CCO)c1F. The van der Waals surface area contributed by atoms with Gasteiger partial charge in [-0.1, -0.05) is 11.8 Å². The third-order valence-electron chi connectivity index (χ3n) is 1.55. The van der Waals surface area contributed by atoms with Crippen molar-refractivity contribution in [3.8, 4) is 11.8 Å². The maximum absolute atomic E-state index is 13.2. The van der Waals surface area contributed by atoms with Crippen molar-refractivity contribution >= 4 is 6.29 Å².